The van der Waals surface area contributed by atoms with Crippen LogP contribution in [0.3, 0.4) is 0 Å². The third-order valence-corrected chi connectivity index (χ3v) is 6.94. The maximum absolute atomic E-state index is 12.3. The van der Waals surface area contributed by atoms with Crippen molar-refractivity contribution in [3.8, 4) is 0 Å². The number of likely N-dealkylation sites (tertiary alicyclic amines) is 1. The van der Waals surface area contributed by atoms with Crippen LogP contribution in [0.15, 0.2) is 16.3 Å². The predicted octanol–water partition coefficient (Wildman–Crippen LogP) is 1.40. The fourth-order valence-corrected chi connectivity index (χ4v) is 5.11. The predicted molar refractivity (Wildman–Crippen MR) is 87.2 cm³/mol. The van der Waals surface area contributed by atoms with Crippen LogP contribution in [0.1, 0.15) is 31.1 Å². The molecule has 7 heteroatoms. The maximum atomic E-state index is 12.3. The Morgan fingerprint density at radius 3 is 2.71 bits per heavy atom. The van der Waals surface area contributed by atoms with Crippen molar-refractivity contribution in [3.05, 3.63) is 17.0 Å². The first-order valence-electron chi connectivity index (χ1n) is 7.55. The Kier molecular flexibility index (Phi) is 6.19. The lowest BCUT2D eigenvalue weighted by Gasteiger charge is -2.32. The maximum Gasteiger partial charge on any atom is 0.250 e. The van der Waals surface area contributed by atoms with Crippen LogP contribution in [0, 0.1) is 0 Å². The van der Waals surface area contributed by atoms with Gasteiger partial charge in [0, 0.05) is 17.5 Å². The van der Waals surface area contributed by atoms with Gasteiger partial charge in [0.25, 0.3) is 0 Å². The Morgan fingerprint density at radius 2 is 2.05 bits per heavy atom. The zero-order valence-electron chi connectivity index (χ0n) is 12.5. The van der Waals surface area contributed by atoms with Gasteiger partial charge >= 0.3 is 0 Å². The van der Waals surface area contributed by atoms with Crippen LogP contribution < -0.4 is 10.5 Å². The fraction of sp³-hybridized carbons (Fsp3) is 0.714. The van der Waals surface area contributed by atoms with Crippen molar-refractivity contribution in [3.63, 3.8) is 0 Å². The molecule has 2 rings (SSSR count). The zero-order chi connectivity index (χ0) is 15.3. The molecule has 0 spiro atoms. The molecule has 1 aliphatic heterocycles. The summed E-state index contributed by atoms with van der Waals surface area (Å²) in [5.74, 6) is 0. The Labute approximate surface area is 131 Å². The van der Waals surface area contributed by atoms with Crippen molar-refractivity contribution < 1.29 is 8.42 Å². The summed E-state index contributed by atoms with van der Waals surface area (Å²) in [6, 6.07) is 3.76. The highest BCUT2D eigenvalue weighted by Crippen LogP contribution is 2.21. The Morgan fingerprint density at radius 1 is 1.33 bits per heavy atom. The van der Waals surface area contributed by atoms with Gasteiger partial charge in [0.1, 0.15) is 4.21 Å². The highest BCUT2D eigenvalue weighted by atomic mass is 32.2. The lowest BCUT2D eigenvalue weighted by Crippen LogP contribution is -2.44. The molecule has 1 aromatic rings. The molecule has 1 aliphatic rings. The van der Waals surface area contributed by atoms with E-state index in [-0.39, 0.29) is 6.04 Å². The molecule has 120 valence electrons. The average Bonchev–Trinajstić information content (AvgIpc) is 2.96. The van der Waals surface area contributed by atoms with E-state index in [1.165, 1.54) is 30.6 Å². The normalized spacial score (nSPS) is 18.8. The summed E-state index contributed by atoms with van der Waals surface area (Å²) < 4.78 is 27.7. The number of nitrogens with one attached hydrogen (secondary N) is 1. The lowest BCUT2D eigenvalue weighted by molar-refractivity contribution is 0.175. The number of thiophene rings is 1. The largest absolute Gasteiger partial charge is 0.330 e. The van der Waals surface area contributed by atoms with Gasteiger partial charge < -0.3 is 5.73 Å². The molecule has 5 nitrogen and oxygen atoms in total. The second-order valence-corrected chi connectivity index (χ2v) is 8.72. The molecule has 1 aromatic heterocycles. The van der Waals surface area contributed by atoms with E-state index in [1.54, 1.807) is 6.07 Å². The van der Waals surface area contributed by atoms with Crippen LogP contribution in [0.5, 0.6) is 0 Å². The van der Waals surface area contributed by atoms with Gasteiger partial charge in [-0.3, -0.25) is 4.90 Å². The monoisotopic (exact) mass is 331 g/mol. The molecule has 1 atom stereocenters. The molecule has 3 N–H and O–H groups in total. The van der Waals surface area contributed by atoms with Gasteiger partial charge in [-0.25, -0.2) is 13.1 Å². The first-order chi connectivity index (χ1) is 10.0. The molecule has 0 saturated carbocycles. The van der Waals surface area contributed by atoms with Crippen LogP contribution >= 0.6 is 11.3 Å². The van der Waals surface area contributed by atoms with Gasteiger partial charge in [-0.1, -0.05) is 6.42 Å². The van der Waals surface area contributed by atoms with Crippen molar-refractivity contribution in [1.29, 1.82) is 0 Å². The standard InChI is InChI=1S/C14H25N3O2S2/c1-12(17-9-3-2-4-10-17)11-16-21(18,19)14-6-5-13(20-14)7-8-15/h5-6,12,16H,2-4,7-11,15H2,1H3. The zero-order valence-corrected chi connectivity index (χ0v) is 14.2. The molecular weight excluding hydrogens is 306 g/mol. The Hall–Kier alpha value is -0.470. The quantitative estimate of drug-likeness (QED) is 0.792. The summed E-state index contributed by atoms with van der Waals surface area (Å²) in [5, 5.41) is 0. The minimum Gasteiger partial charge on any atom is -0.330 e. The van der Waals surface area contributed by atoms with Crippen LogP contribution in [0.4, 0.5) is 0 Å². The first kappa shape index (κ1) is 16.9. The van der Waals surface area contributed by atoms with Crippen molar-refractivity contribution in [2.75, 3.05) is 26.2 Å². The van der Waals surface area contributed by atoms with Crippen LogP contribution in [-0.2, 0) is 16.4 Å². The van der Waals surface area contributed by atoms with E-state index in [2.05, 4.69) is 16.5 Å². The fourth-order valence-electron chi connectivity index (χ4n) is 2.57. The number of piperidine rings is 1. The topological polar surface area (TPSA) is 75.4 Å². The summed E-state index contributed by atoms with van der Waals surface area (Å²) in [6.45, 7) is 5.24. The summed E-state index contributed by atoms with van der Waals surface area (Å²) >= 11 is 1.31. The number of hydrogen-bond acceptors (Lipinski definition) is 5. The van der Waals surface area contributed by atoms with Gasteiger partial charge in [-0.05, 0) is 58.0 Å². The molecule has 0 aromatic carbocycles. The molecule has 0 radical (unpaired) electrons. The van der Waals surface area contributed by atoms with Crippen molar-refractivity contribution >= 4 is 21.4 Å². The number of rotatable bonds is 7. The molecule has 0 bridgehead atoms. The molecule has 21 heavy (non-hydrogen) atoms. The van der Waals surface area contributed by atoms with Gasteiger partial charge in [0.15, 0.2) is 0 Å². The van der Waals surface area contributed by atoms with Crippen molar-refractivity contribution in [2.24, 2.45) is 5.73 Å². The average molecular weight is 332 g/mol. The molecule has 0 amide bonds. The van der Waals surface area contributed by atoms with Crippen LogP contribution in [-0.4, -0.2) is 45.5 Å². The van der Waals surface area contributed by atoms with Crippen LogP contribution in [0.25, 0.3) is 0 Å². The molecule has 1 fully saturated rings. The molecule has 2 heterocycles. The van der Waals surface area contributed by atoms with E-state index in [4.69, 9.17) is 5.73 Å². The van der Waals surface area contributed by atoms with Gasteiger partial charge in [0.2, 0.25) is 10.0 Å². The summed E-state index contributed by atoms with van der Waals surface area (Å²) in [7, 11) is -3.39. The Bertz CT molecular complexity index is 536. The second-order valence-electron chi connectivity index (χ2n) is 5.56. The number of nitrogens with two attached hydrogens (primary N) is 1. The van der Waals surface area contributed by atoms with Gasteiger partial charge in [-0.15, -0.1) is 11.3 Å². The summed E-state index contributed by atoms with van der Waals surface area (Å²) in [5.41, 5.74) is 5.50. The number of nitrogens with zero attached hydrogens (tertiary/aromatic N) is 1. The van der Waals surface area contributed by atoms with E-state index < -0.39 is 10.0 Å². The number of hydrogen-bond donors (Lipinski definition) is 2. The van der Waals surface area contributed by atoms with E-state index in [0.29, 0.717) is 17.3 Å². The van der Waals surface area contributed by atoms with Crippen molar-refractivity contribution in [1.82, 2.24) is 9.62 Å². The smallest absolute Gasteiger partial charge is 0.250 e. The van der Waals surface area contributed by atoms with Gasteiger partial charge in [0.05, 0.1) is 0 Å². The first-order valence-corrected chi connectivity index (χ1v) is 9.85. The van der Waals surface area contributed by atoms with E-state index in [9.17, 15) is 8.42 Å². The van der Waals surface area contributed by atoms with Crippen molar-refractivity contribution in [2.45, 2.75) is 42.9 Å². The number of sulfonamides is 1. The molecule has 1 saturated heterocycles. The van der Waals surface area contributed by atoms with Gasteiger partial charge in [-0.2, -0.15) is 0 Å². The highest BCUT2D eigenvalue weighted by Gasteiger charge is 2.21. The second kappa shape index (κ2) is 7.69. The molecule has 1 unspecified atom stereocenters. The summed E-state index contributed by atoms with van der Waals surface area (Å²) in [6.07, 6.45) is 4.44. The summed E-state index contributed by atoms with van der Waals surface area (Å²) in [4.78, 5) is 3.38. The minimum absolute atomic E-state index is 0.239. The third-order valence-electron chi connectivity index (χ3n) is 3.88. The van der Waals surface area contributed by atoms with E-state index in [0.717, 1.165) is 24.4 Å². The lowest BCUT2D eigenvalue weighted by atomic mass is 10.1. The van der Waals surface area contributed by atoms with E-state index in [1.807, 2.05) is 6.07 Å². The Balaban J connectivity index is 1.90. The minimum atomic E-state index is -3.39. The molecular formula is C14H25N3O2S2. The van der Waals surface area contributed by atoms with E-state index >= 15 is 0 Å². The highest BCUT2D eigenvalue weighted by molar-refractivity contribution is 7.91. The SMILES string of the molecule is CC(CNS(=O)(=O)c1ccc(CCN)s1)N1CCCCC1. The third kappa shape index (κ3) is 4.75. The molecule has 0 aliphatic carbocycles. The van der Waals surface area contributed by atoms with Crippen LogP contribution in [0.2, 0.25) is 0 Å².